The summed E-state index contributed by atoms with van der Waals surface area (Å²) in [5.41, 5.74) is 0. The molecule has 1 aromatic rings. The van der Waals surface area contributed by atoms with Gasteiger partial charge in [0.1, 0.15) is 6.33 Å². The zero-order chi connectivity index (χ0) is 14.1. The first-order valence-electron chi connectivity index (χ1n) is 6.67. The van der Waals surface area contributed by atoms with E-state index in [1.807, 2.05) is 6.92 Å². The van der Waals surface area contributed by atoms with Crippen molar-refractivity contribution in [2.45, 2.75) is 38.3 Å². The average molecular weight is 282 g/mol. The number of hydrogen-bond donors (Lipinski definition) is 0. The minimum atomic E-state index is -0.133. The van der Waals surface area contributed by atoms with Crippen LogP contribution in [0.4, 0.5) is 4.79 Å². The first kappa shape index (κ1) is 15.8. The predicted octanol–water partition coefficient (Wildman–Crippen LogP) is 3.04. The Hall–Kier alpha value is -1.30. The smallest absolute Gasteiger partial charge is 0.319 e. The topological polar surface area (TPSA) is 51.0 Å². The van der Waals surface area contributed by atoms with Crippen molar-refractivity contribution in [3.8, 4) is 0 Å². The van der Waals surface area contributed by atoms with E-state index in [2.05, 4.69) is 23.6 Å². The monoisotopic (exact) mass is 282 g/mol. The van der Waals surface area contributed by atoms with Crippen LogP contribution in [-0.2, 0) is 0 Å². The summed E-state index contributed by atoms with van der Waals surface area (Å²) in [6.07, 6.45) is 6.48. The molecule has 0 N–H and O–H groups in total. The SMILES string of the molecule is C=CCN(CCCCC)C(=O)n1cnc(SCC)n1. The van der Waals surface area contributed by atoms with Crippen LogP contribution < -0.4 is 0 Å². The number of amides is 1. The van der Waals surface area contributed by atoms with Crippen LogP contribution in [0.5, 0.6) is 0 Å². The Labute approximate surface area is 119 Å². The number of hydrogen-bond acceptors (Lipinski definition) is 4. The Balaban J connectivity index is 2.65. The molecule has 1 heterocycles. The Morgan fingerprint density at radius 3 is 2.95 bits per heavy atom. The van der Waals surface area contributed by atoms with E-state index >= 15 is 0 Å². The number of carbonyl (C=O) groups excluding carboxylic acids is 1. The van der Waals surface area contributed by atoms with Crippen molar-refractivity contribution in [2.75, 3.05) is 18.8 Å². The number of carbonyl (C=O) groups is 1. The summed E-state index contributed by atoms with van der Waals surface area (Å²) in [7, 11) is 0. The Morgan fingerprint density at radius 1 is 1.53 bits per heavy atom. The maximum absolute atomic E-state index is 12.3. The summed E-state index contributed by atoms with van der Waals surface area (Å²) >= 11 is 1.53. The van der Waals surface area contributed by atoms with E-state index in [1.165, 1.54) is 22.8 Å². The van der Waals surface area contributed by atoms with Crippen molar-refractivity contribution in [1.82, 2.24) is 19.7 Å². The molecule has 5 nitrogen and oxygen atoms in total. The Morgan fingerprint density at radius 2 is 2.32 bits per heavy atom. The standard InChI is InChI=1S/C13H22N4OS/c1-4-7-8-10-16(9-5-2)13(18)17-11-14-12(15-17)19-6-3/h5,11H,2,4,6-10H2,1,3H3. The third-order valence-electron chi connectivity index (χ3n) is 2.59. The van der Waals surface area contributed by atoms with Crippen LogP contribution in [-0.4, -0.2) is 44.5 Å². The average Bonchev–Trinajstić information content (AvgIpc) is 2.86. The molecule has 0 unspecified atom stereocenters. The molecule has 19 heavy (non-hydrogen) atoms. The van der Waals surface area contributed by atoms with Crippen molar-refractivity contribution in [3.05, 3.63) is 19.0 Å². The quantitative estimate of drug-likeness (QED) is 0.418. The fourth-order valence-corrected chi connectivity index (χ4v) is 2.18. The van der Waals surface area contributed by atoms with Crippen LogP contribution in [0.25, 0.3) is 0 Å². The summed E-state index contributed by atoms with van der Waals surface area (Å²) in [5.74, 6) is 0.894. The second kappa shape index (κ2) is 8.74. The predicted molar refractivity (Wildman–Crippen MR) is 78.5 cm³/mol. The van der Waals surface area contributed by atoms with Crippen molar-refractivity contribution < 1.29 is 4.79 Å². The maximum atomic E-state index is 12.3. The molecule has 0 aliphatic rings. The second-order valence-corrected chi connectivity index (χ2v) is 5.36. The minimum absolute atomic E-state index is 0.133. The molecule has 0 bridgehead atoms. The molecule has 106 valence electrons. The third kappa shape index (κ3) is 5.06. The number of aromatic nitrogens is 3. The summed E-state index contributed by atoms with van der Waals surface area (Å²) in [4.78, 5) is 18.1. The van der Waals surface area contributed by atoms with E-state index in [0.717, 1.165) is 31.6 Å². The van der Waals surface area contributed by atoms with Crippen molar-refractivity contribution >= 4 is 17.8 Å². The minimum Gasteiger partial charge on any atom is -0.319 e. The van der Waals surface area contributed by atoms with Crippen LogP contribution in [0, 0.1) is 0 Å². The van der Waals surface area contributed by atoms with Crippen LogP contribution in [0.2, 0.25) is 0 Å². The fourth-order valence-electron chi connectivity index (χ4n) is 1.65. The van der Waals surface area contributed by atoms with E-state index in [4.69, 9.17) is 0 Å². The maximum Gasteiger partial charge on any atom is 0.346 e. The van der Waals surface area contributed by atoms with Crippen LogP contribution in [0.1, 0.15) is 33.1 Å². The fraction of sp³-hybridized carbons (Fsp3) is 0.615. The molecule has 0 aliphatic heterocycles. The molecule has 1 amide bonds. The molecule has 0 aliphatic carbocycles. The molecule has 6 heteroatoms. The van der Waals surface area contributed by atoms with Gasteiger partial charge in [0.05, 0.1) is 0 Å². The zero-order valence-electron chi connectivity index (χ0n) is 11.7. The van der Waals surface area contributed by atoms with Gasteiger partial charge in [-0.1, -0.05) is 44.5 Å². The van der Waals surface area contributed by atoms with Gasteiger partial charge in [0, 0.05) is 13.1 Å². The van der Waals surface area contributed by atoms with Gasteiger partial charge in [-0.2, -0.15) is 4.68 Å². The molecule has 0 saturated carbocycles. The normalized spacial score (nSPS) is 10.4. The first-order chi connectivity index (χ1) is 9.22. The number of nitrogens with zero attached hydrogens (tertiary/aromatic N) is 4. The summed E-state index contributed by atoms with van der Waals surface area (Å²) in [5, 5.41) is 4.82. The van der Waals surface area contributed by atoms with E-state index in [9.17, 15) is 4.79 Å². The second-order valence-electron chi connectivity index (χ2n) is 4.13. The van der Waals surface area contributed by atoms with Gasteiger partial charge >= 0.3 is 6.03 Å². The van der Waals surface area contributed by atoms with Crippen LogP contribution in [0.3, 0.4) is 0 Å². The van der Waals surface area contributed by atoms with E-state index < -0.39 is 0 Å². The molecular weight excluding hydrogens is 260 g/mol. The van der Waals surface area contributed by atoms with Crippen LogP contribution in [0.15, 0.2) is 24.1 Å². The summed E-state index contributed by atoms with van der Waals surface area (Å²) in [6, 6.07) is -0.133. The number of unbranched alkanes of at least 4 members (excludes halogenated alkanes) is 2. The highest BCUT2D eigenvalue weighted by molar-refractivity contribution is 7.99. The zero-order valence-corrected chi connectivity index (χ0v) is 12.5. The lowest BCUT2D eigenvalue weighted by Gasteiger charge is -2.20. The molecular formula is C13H22N4OS. The van der Waals surface area contributed by atoms with Gasteiger partial charge in [0.25, 0.3) is 0 Å². The molecule has 0 aromatic carbocycles. The van der Waals surface area contributed by atoms with Gasteiger partial charge < -0.3 is 4.90 Å². The highest BCUT2D eigenvalue weighted by Gasteiger charge is 2.15. The van der Waals surface area contributed by atoms with Gasteiger partial charge in [-0.15, -0.1) is 11.7 Å². The number of rotatable bonds is 8. The lowest BCUT2D eigenvalue weighted by Crippen LogP contribution is -2.36. The number of thioether (sulfide) groups is 1. The summed E-state index contributed by atoms with van der Waals surface area (Å²) in [6.45, 7) is 9.14. The summed E-state index contributed by atoms with van der Waals surface area (Å²) < 4.78 is 1.31. The first-order valence-corrected chi connectivity index (χ1v) is 7.66. The van der Waals surface area contributed by atoms with Gasteiger partial charge in [-0.05, 0) is 12.2 Å². The Kier molecular flexibility index (Phi) is 7.25. The lowest BCUT2D eigenvalue weighted by atomic mass is 10.2. The molecule has 0 atom stereocenters. The van der Waals surface area contributed by atoms with Gasteiger partial charge in [-0.25, -0.2) is 9.78 Å². The Bertz CT molecular complexity index is 405. The van der Waals surface area contributed by atoms with E-state index in [1.54, 1.807) is 11.0 Å². The van der Waals surface area contributed by atoms with Crippen molar-refractivity contribution in [2.24, 2.45) is 0 Å². The molecule has 1 rings (SSSR count). The highest BCUT2D eigenvalue weighted by Crippen LogP contribution is 2.11. The van der Waals surface area contributed by atoms with Crippen molar-refractivity contribution in [1.29, 1.82) is 0 Å². The van der Waals surface area contributed by atoms with E-state index in [0.29, 0.717) is 11.7 Å². The van der Waals surface area contributed by atoms with Crippen molar-refractivity contribution in [3.63, 3.8) is 0 Å². The largest absolute Gasteiger partial charge is 0.346 e. The van der Waals surface area contributed by atoms with Gasteiger partial charge in [-0.3, -0.25) is 0 Å². The third-order valence-corrected chi connectivity index (χ3v) is 3.33. The molecule has 1 aromatic heterocycles. The molecule has 0 fully saturated rings. The van der Waals surface area contributed by atoms with Gasteiger partial charge in [0.2, 0.25) is 5.16 Å². The lowest BCUT2D eigenvalue weighted by molar-refractivity contribution is 0.200. The van der Waals surface area contributed by atoms with Crippen LogP contribution >= 0.6 is 11.8 Å². The molecule has 0 saturated heterocycles. The highest BCUT2D eigenvalue weighted by atomic mass is 32.2. The molecule has 0 radical (unpaired) electrons. The molecule has 0 spiro atoms. The van der Waals surface area contributed by atoms with E-state index in [-0.39, 0.29) is 6.03 Å². The van der Waals surface area contributed by atoms with Gasteiger partial charge in [0.15, 0.2) is 0 Å².